The molecule has 0 aliphatic heterocycles. The van der Waals surface area contributed by atoms with Crippen LogP contribution in [-0.2, 0) is 7.05 Å². The van der Waals surface area contributed by atoms with Gasteiger partial charge in [0.2, 0.25) is 0 Å². The minimum absolute atomic E-state index is 0.0743. The van der Waals surface area contributed by atoms with Crippen LogP contribution in [0.3, 0.4) is 0 Å². The average molecular weight is 347 g/mol. The van der Waals surface area contributed by atoms with E-state index in [9.17, 15) is 4.79 Å². The average Bonchev–Trinajstić information content (AvgIpc) is 2.93. The fourth-order valence-corrected chi connectivity index (χ4v) is 3.21. The van der Waals surface area contributed by atoms with Crippen LogP contribution in [-0.4, -0.2) is 26.0 Å². The molecule has 2 amide bonds. The largest absolute Gasteiger partial charge is 0.332 e. The van der Waals surface area contributed by atoms with Crippen LogP contribution in [0.1, 0.15) is 51.2 Å². The molecule has 0 unspecified atom stereocenters. The van der Waals surface area contributed by atoms with Crippen molar-refractivity contribution in [1.29, 1.82) is 0 Å². The number of carbonyl (C=O) groups excluding carboxylic acids is 1. The normalized spacial score (nSPS) is 13.6. The van der Waals surface area contributed by atoms with Crippen molar-refractivity contribution in [3.05, 3.63) is 42.0 Å². The number of urea groups is 1. The maximum atomic E-state index is 12.2. The molecule has 1 aromatic heterocycles. The number of amides is 2. The topological polar surface area (TPSA) is 71.8 Å². The van der Waals surface area contributed by atoms with Gasteiger partial charge in [-0.25, -0.2) is 4.79 Å². The van der Waals surface area contributed by atoms with Crippen LogP contribution in [0, 0.1) is 0 Å². The molecule has 24 heavy (non-hydrogen) atoms. The number of hydrogen-bond acceptors (Lipinski definition) is 4. The number of carbonyl (C=O) groups is 1. The van der Waals surface area contributed by atoms with Crippen molar-refractivity contribution in [3.8, 4) is 0 Å². The van der Waals surface area contributed by atoms with E-state index in [4.69, 9.17) is 0 Å². The van der Waals surface area contributed by atoms with Crippen molar-refractivity contribution < 1.29 is 4.79 Å². The van der Waals surface area contributed by atoms with Crippen LogP contribution in [0.2, 0.25) is 0 Å². The van der Waals surface area contributed by atoms with E-state index in [1.165, 1.54) is 4.90 Å². The molecule has 2 N–H and O–H groups in total. The molecular weight excluding hydrogens is 322 g/mol. The third kappa shape index (κ3) is 4.99. The van der Waals surface area contributed by atoms with Gasteiger partial charge in [-0.3, -0.25) is 0 Å². The van der Waals surface area contributed by atoms with Gasteiger partial charge in [0.25, 0.3) is 0 Å². The third-order valence-electron chi connectivity index (χ3n) is 3.58. The minimum Gasteiger partial charge on any atom is -0.332 e. The van der Waals surface area contributed by atoms with Crippen LogP contribution in [0.5, 0.6) is 0 Å². The SMILES string of the molecule is CC(C)Sc1ccc([C@H](C)NC(=O)N[C@H](C)c2nncn2C)cc1. The number of rotatable bonds is 6. The Morgan fingerprint density at radius 3 is 2.25 bits per heavy atom. The quantitative estimate of drug-likeness (QED) is 0.785. The molecule has 0 aliphatic carbocycles. The second kappa shape index (κ2) is 8.19. The summed E-state index contributed by atoms with van der Waals surface area (Å²) in [6, 6.07) is 7.79. The number of aromatic nitrogens is 3. The first kappa shape index (κ1) is 18.3. The van der Waals surface area contributed by atoms with Gasteiger partial charge in [0, 0.05) is 17.2 Å². The van der Waals surface area contributed by atoms with E-state index in [2.05, 4.69) is 58.9 Å². The standard InChI is InChI=1S/C17H25N5OS/c1-11(2)24-15-8-6-14(7-9-15)12(3)19-17(23)20-13(4)16-21-18-10-22(16)5/h6-13H,1-5H3,(H2,19,20,23)/t12-,13+/m0/s1. The molecule has 0 spiro atoms. The fraction of sp³-hybridized carbons (Fsp3) is 0.471. The van der Waals surface area contributed by atoms with Gasteiger partial charge in [0.1, 0.15) is 6.33 Å². The van der Waals surface area contributed by atoms with Crippen molar-refractivity contribution in [2.24, 2.45) is 7.05 Å². The summed E-state index contributed by atoms with van der Waals surface area (Å²) in [6.07, 6.45) is 1.62. The molecule has 2 rings (SSSR count). The number of aryl methyl sites for hydroxylation is 1. The molecule has 2 atom stereocenters. The molecule has 0 fully saturated rings. The molecule has 2 aromatic rings. The molecule has 0 bridgehead atoms. The number of thioether (sulfide) groups is 1. The van der Waals surface area contributed by atoms with Gasteiger partial charge >= 0.3 is 6.03 Å². The van der Waals surface area contributed by atoms with Gasteiger partial charge in [0.05, 0.1) is 12.1 Å². The van der Waals surface area contributed by atoms with Crippen LogP contribution in [0.4, 0.5) is 4.79 Å². The first-order valence-corrected chi connectivity index (χ1v) is 8.92. The highest BCUT2D eigenvalue weighted by molar-refractivity contribution is 7.99. The molecular formula is C17H25N5OS. The smallest absolute Gasteiger partial charge is 0.315 e. The van der Waals surface area contributed by atoms with Gasteiger partial charge < -0.3 is 15.2 Å². The summed E-state index contributed by atoms with van der Waals surface area (Å²) >= 11 is 1.83. The molecule has 6 nitrogen and oxygen atoms in total. The summed E-state index contributed by atoms with van der Waals surface area (Å²) in [7, 11) is 1.85. The Morgan fingerprint density at radius 2 is 1.71 bits per heavy atom. The highest BCUT2D eigenvalue weighted by Gasteiger charge is 2.16. The Morgan fingerprint density at radius 1 is 1.08 bits per heavy atom. The van der Waals surface area contributed by atoms with E-state index < -0.39 is 0 Å². The second-order valence-corrected chi connectivity index (χ2v) is 7.75. The summed E-state index contributed by atoms with van der Waals surface area (Å²) in [5, 5.41) is 14.2. The molecule has 7 heteroatoms. The zero-order valence-electron chi connectivity index (χ0n) is 14.8. The first-order chi connectivity index (χ1) is 11.4. The molecule has 0 radical (unpaired) electrons. The first-order valence-electron chi connectivity index (χ1n) is 8.04. The number of nitrogens with zero attached hydrogens (tertiary/aromatic N) is 3. The Kier molecular flexibility index (Phi) is 6.25. The van der Waals surface area contributed by atoms with Gasteiger partial charge in [-0.15, -0.1) is 22.0 Å². The summed E-state index contributed by atoms with van der Waals surface area (Å²) in [5.74, 6) is 0.716. The predicted octanol–water partition coefficient (Wildman–Crippen LogP) is 3.44. The molecule has 1 aromatic carbocycles. The van der Waals surface area contributed by atoms with E-state index in [0.29, 0.717) is 11.1 Å². The van der Waals surface area contributed by atoms with E-state index in [1.54, 1.807) is 10.9 Å². The zero-order chi connectivity index (χ0) is 17.7. The Bertz CT molecular complexity index is 668. The monoisotopic (exact) mass is 347 g/mol. The number of benzene rings is 1. The van der Waals surface area contributed by atoms with Crippen LogP contribution in [0.15, 0.2) is 35.5 Å². The highest BCUT2D eigenvalue weighted by atomic mass is 32.2. The van der Waals surface area contributed by atoms with E-state index in [0.717, 1.165) is 5.56 Å². The van der Waals surface area contributed by atoms with Crippen LogP contribution in [0.25, 0.3) is 0 Å². The molecule has 0 saturated carbocycles. The lowest BCUT2D eigenvalue weighted by Crippen LogP contribution is -2.39. The number of nitrogens with one attached hydrogen (secondary N) is 2. The van der Waals surface area contributed by atoms with Gasteiger partial charge in [0.15, 0.2) is 5.82 Å². The summed E-state index contributed by atoms with van der Waals surface area (Å²) < 4.78 is 1.79. The fourth-order valence-electron chi connectivity index (χ4n) is 2.37. The molecule has 1 heterocycles. The van der Waals surface area contributed by atoms with Crippen molar-refractivity contribution in [1.82, 2.24) is 25.4 Å². The van der Waals surface area contributed by atoms with Gasteiger partial charge in [-0.05, 0) is 31.5 Å². The highest BCUT2D eigenvalue weighted by Crippen LogP contribution is 2.24. The summed E-state index contributed by atoms with van der Waals surface area (Å²) in [5.41, 5.74) is 1.07. The third-order valence-corrected chi connectivity index (χ3v) is 4.60. The molecule has 0 saturated heterocycles. The summed E-state index contributed by atoms with van der Waals surface area (Å²) in [4.78, 5) is 13.4. The lowest BCUT2D eigenvalue weighted by molar-refractivity contribution is 0.234. The van der Waals surface area contributed by atoms with Crippen molar-refractivity contribution in [2.45, 2.75) is 49.9 Å². The van der Waals surface area contributed by atoms with E-state index >= 15 is 0 Å². The van der Waals surface area contributed by atoms with Gasteiger partial charge in [-0.2, -0.15) is 0 Å². The molecule has 0 aliphatic rings. The Hall–Kier alpha value is -2.02. The second-order valence-electron chi connectivity index (χ2n) is 6.10. The van der Waals surface area contributed by atoms with E-state index in [1.807, 2.05) is 32.7 Å². The van der Waals surface area contributed by atoms with Crippen LogP contribution >= 0.6 is 11.8 Å². The zero-order valence-corrected chi connectivity index (χ0v) is 15.6. The van der Waals surface area contributed by atoms with Crippen molar-refractivity contribution in [3.63, 3.8) is 0 Å². The minimum atomic E-state index is -0.223. The van der Waals surface area contributed by atoms with E-state index in [-0.39, 0.29) is 18.1 Å². The van der Waals surface area contributed by atoms with Crippen molar-refractivity contribution >= 4 is 17.8 Å². The van der Waals surface area contributed by atoms with Gasteiger partial charge in [-0.1, -0.05) is 26.0 Å². The predicted molar refractivity (Wildman–Crippen MR) is 96.9 cm³/mol. The maximum Gasteiger partial charge on any atom is 0.315 e. The number of hydrogen-bond donors (Lipinski definition) is 2. The Labute approximate surface area is 147 Å². The lowest BCUT2D eigenvalue weighted by Gasteiger charge is -2.18. The van der Waals surface area contributed by atoms with Crippen molar-refractivity contribution in [2.75, 3.05) is 0 Å². The summed E-state index contributed by atoms with van der Waals surface area (Å²) in [6.45, 7) is 8.19. The maximum absolute atomic E-state index is 12.2. The van der Waals surface area contributed by atoms with Crippen LogP contribution < -0.4 is 10.6 Å². The lowest BCUT2D eigenvalue weighted by atomic mass is 10.1. The molecule has 130 valence electrons. The Balaban J connectivity index is 1.90.